The van der Waals surface area contributed by atoms with Crippen molar-refractivity contribution in [2.45, 2.75) is 20.8 Å². The smallest absolute Gasteiger partial charge is 0.267 e. The fraction of sp³-hybridized carbons (Fsp3) is 0.130. The number of rotatable bonds is 4. The third-order valence-electron chi connectivity index (χ3n) is 4.50. The molecule has 0 aliphatic rings. The number of aryl methyl sites for hydroxylation is 2. The molecule has 26 heavy (non-hydrogen) atoms. The van der Waals surface area contributed by atoms with Crippen LogP contribution in [-0.4, -0.2) is 11.6 Å². The van der Waals surface area contributed by atoms with Crippen LogP contribution in [0.4, 0.5) is 0 Å². The van der Waals surface area contributed by atoms with Crippen molar-refractivity contribution in [3.8, 4) is 11.1 Å². The molecule has 0 unspecified atom stereocenters. The van der Waals surface area contributed by atoms with E-state index in [1.165, 1.54) is 11.1 Å². The van der Waals surface area contributed by atoms with E-state index in [2.05, 4.69) is 36.5 Å². The van der Waals surface area contributed by atoms with E-state index in [9.17, 15) is 4.79 Å². The number of hydrogen-bond donors (Lipinski definition) is 1. The zero-order valence-electron chi connectivity index (χ0n) is 15.3. The number of hydrazone groups is 1. The first-order valence-corrected chi connectivity index (χ1v) is 8.62. The summed E-state index contributed by atoms with van der Waals surface area (Å²) in [6, 6.07) is 23.8. The SMILES string of the molecule is CC(=NNC(=O)c1ccc(-c2ccccc2)cc1)c1ccc(C)c(C)c1. The van der Waals surface area contributed by atoms with Crippen LogP contribution in [0.5, 0.6) is 0 Å². The largest absolute Gasteiger partial charge is 0.271 e. The zero-order valence-corrected chi connectivity index (χ0v) is 15.3. The highest BCUT2D eigenvalue weighted by Crippen LogP contribution is 2.19. The Labute approximate surface area is 154 Å². The Balaban J connectivity index is 1.70. The molecule has 0 radical (unpaired) electrons. The van der Waals surface area contributed by atoms with Gasteiger partial charge in [-0.05, 0) is 66.8 Å². The molecule has 0 aliphatic heterocycles. The van der Waals surface area contributed by atoms with Crippen LogP contribution in [0.2, 0.25) is 0 Å². The number of hydrogen-bond acceptors (Lipinski definition) is 2. The number of nitrogens with zero attached hydrogens (tertiary/aromatic N) is 1. The van der Waals surface area contributed by atoms with Crippen LogP contribution >= 0.6 is 0 Å². The Bertz CT molecular complexity index is 942. The molecule has 130 valence electrons. The van der Waals surface area contributed by atoms with Crippen LogP contribution in [0.15, 0.2) is 77.9 Å². The van der Waals surface area contributed by atoms with E-state index >= 15 is 0 Å². The number of amides is 1. The van der Waals surface area contributed by atoms with Crippen molar-refractivity contribution in [3.05, 3.63) is 95.1 Å². The predicted molar refractivity (Wildman–Crippen MR) is 107 cm³/mol. The molecule has 0 saturated carbocycles. The first-order valence-electron chi connectivity index (χ1n) is 8.62. The molecule has 3 aromatic carbocycles. The van der Waals surface area contributed by atoms with Crippen LogP contribution < -0.4 is 5.43 Å². The van der Waals surface area contributed by atoms with Gasteiger partial charge in [-0.15, -0.1) is 0 Å². The van der Waals surface area contributed by atoms with Crippen molar-refractivity contribution in [3.63, 3.8) is 0 Å². The predicted octanol–water partition coefficient (Wildman–Crippen LogP) is 5.12. The Morgan fingerprint density at radius 2 is 1.38 bits per heavy atom. The van der Waals surface area contributed by atoms with Crippen LogP contribution in [-0.2, 0) is 0 Å². The molecule has 3 heteroatoms. The Morgan fingerprint density at radius 1 is 0.769 bits per heavy atom. The molecule has 0 bridgehead atoms. The lowest BCUT2D eigenvalue weighted by Gasteiger charge is -2.06. The maximum atomic E-state index is 12.3. The van der Waals surface area contributed by atoms with Crippen LogP contribution in [0.3, 0.4) is 0 Å². The van der Waals surface area contributed by atoms with E-state index in [1.807, 2.05) is 67.6 Å². The van der Waals surface area contributed by atoms with Gasteiger partial charge in [0, 0.05) is 5.56 Å². The van der Waals surface area contributed by atoms with Gasteiger partial charge in [0.25, 0.3) is 5.91 Å². The Kier molecular flexibility index (Phi) is 5.28. The second kappa shape index (κ2) is 7.79. The van der Waals surface area contributed by atoms with Crippen LogP contribution in [0.25, 0.3) is 11.1 Å². The Morgan fingerprint density at radius 3 is 2.04 bits per heavy atom. The van der Waals surface area contributed by atoms with E-state index in [0.717, 1.165) is 22.4 Å². The van der Waals surface area contributed by atoms with E-state index in [0.29, 0.717) is 5.56 Å². The minimum Gasteiger partial charge on any atom is -0.267 e. The summed E-state index contributed by atoms with van der Waals surface area (Å²) >= 11 is 0. The molecule has 0 heterocycles. The third-order valence-corrected chi connectivity index (χ3v) is 4.50. The summed E-state index contributed by atoms with van der Waals surface area (Å²) < 4.78 is 0. The zero-order chi connectivity index (χ0) is 18.5. The van der Waals surface area contributed by atoms with E-state index in [1.54, 1.807) is 0 Å². The van der Waals surface area contributed by atoms with Gasteiger partial charge >= 0.3 is 0 Å². The fourth-order valence-electron chi connectivity index (χ4n) is 2.67. The van der Waals surface area contributed by atoms with Gasteiger partial charge in [-0.2, -0.15) is 5.10 Å². The molecule has 3 nitrogen and oxygen atoms in total. The molecule has 0 atom stereocenters. The second-order valence-corrected chi connectivity index (χ2v) is 6.38. The molecule has 3 aromatic rings. The van der Waals surface area contributed by atoms with Gasteiger partial charge in [-0.3, -0.25) is 4.79 Å². The monoisotopic (exact) mass is 342 g/mol. The molecule has 0 aromatic heterocycles. The lowest BCUT2D eigenvalue weighted by Crippen LogP contribution is -2.19. The van der Waals surface area contributed by atoms with Crippen molar-refractivity contribution in [2.75, 3.05) is 0 Å². The minimum absolute atomic E-state index is 0.215. The summed E-state index contributed by atoms with van der Waals surface area (Å²) in [6.07, 6.45) is 0. The van der Waals surface area contributed by atoms with E-state index in [-0.39, 0.29) is 5.91 Å². The van der Waals surface area contributed by atoms with Gasteiger partial charge in [0.15, 0.2) is 0 Å². The van der Waals surface area contributed by atoms with Gasteiger partial charge < -0.3 is 0 Å². The van der Waals surface area contributed by atoms with Crippen LogP contribution in [0, 0.1) is 13.8 Å². The lowest BCUT2D eigenvalue weighted by molar-refractivity contribution is 0.0955. The van der Waals surface area contributed by atoms with Crippen molar-refractivity contribution in [1.82, 2.24) is 5.43 Å². The highest BCUT2D eigenvalue weighted by Gasteiger charge is 2.06. The molecule has 1 amide bonds. The maximum absolute atomic E-state index is 12.3. The number of nitrogens with one attached hydrogen (secondary N) is 1. The van der Waals surface area contributed by atoms with Crippen LogP contribution in [0.1, 0.15) is 34.0 Å². The highest BCUT2D eigenvalue weighted by molar-refractivity contribution is 6.01. The molecular formula is C23H22N2O. The fourth-order valence-corrected chi connectivity index (χ4v) is 2.67. The third kappa shape index (κ3) is 4.06. The molecule has 0 fully saturated rings. The summed E-state index contributed by atoms with van der Waals surface area (Å²) in [4.78, 5) is 12.3. The van der Waals surface area contributed by atoms with Gasteiger partial charge in [0.1, 0.15) is 0 Å². The summed E-state index contributed by atoms with van der Waals surface area (Å²) in [6.45, 7) is 6.04. The average molecular weight is 342 g/mol. The topological polar surface area (TPSA) is 41.5 Å². The summed E-state index contributed by atoms with van der Waals surface area (Å²) in [5.74, 6) is -0.215. The van der Waals surface area contributed by atoms with Gasteiger partial charge in [-0.25, -0.2) is 5.43 Å². The van der Waals surface area contributed by atoms with Crippen molar-refractivity contribution in [1.29, 1.82) is 0 Å². The first kappa shape index (κ1) is 17.6. The summed E-state index contributed by atoms with van der Waals surface area (Å²) in [7, 11) is 0. The second-order valence-electron chi connectivity index (χ2n) is 6.38. The molecule has 0 aliphatic carbocycles. The molecular weight excluding hydrogens is 320 g/mol. The standard InChI is InChI=1S/C23H22N2O/c1-16-9-10-22(15-17(16)2)18(3)24-25-23(26)21-13-11-20(12-14-21)19-7-5-4-6-8-19/h4-15H,1-3H3,(H,25,26). The van der Waals surface area contributed by atoms with E-state index < -0.39 is 0 Å². The van der Waals surface area contributed by atoms with Gasteiger partial charge in [0.05, 0.1) is 5.71 Å². The van der Waals surface area contributed by atoms with Crippen molar-refractivity contribution < 1.29 is 4.79 Å². The highest BCUT2D eigenvalue weighted by atomic mass is 16.2. The average Bonchev–Trinajstić information content (AvgIpc) is 2.68. The maximum Gasteiger partial charge on any atom is 0.271 e. The van der Waals surface area contributed by atoms with Gasteiger partial charge in [-0.1, -0.05) is 54.6 Å². The van der Waals surface area contributed by atoms with Crippen molar-refractivity contribution >= 4 is 11.6 Å². The minimum atomic E-state index is -0.215. The normalized spacial score (nSPS) is 11.3. The number of carbonyl (C=O) groups excluding carboxylic acids is 1. The summed E-state index contributed by atoms with van der Waals surface area (Å²) in [5.41, 5.74) is 9.67. The van der Waals surface area contributed by atoms with E-state index in [4.69, 9.17) is 0 Å². The summed E-state index contributed by atoms with van der Waals surface area (Å²) in [5, 5.41) is 4.24. The van der Waals surface area contributed by atoms with Gasteiger partial charge in [0.2, 0.25) is 0 Å². The molecule has 3 rings (SSSR count). The lowest BCUT2D eigenvalue weighted by atomic mass is 10.0. The number of benzene rings is 3. The molecule has 0 saturated heterocycles. The first-order chi connectivity index (χ1) is 12.5. The quantitative estimate of drug-likeness (QED) is 0.518. The molecule has 1 N–H and O–H groups in total. The number of carbonyl (C=O) groups is 1. The molecule has 0 spiro atoms. The van der Waals surface area contributed by atoms with Crippen molar-refractivity contribution in [2.24, 2.45) is 5.10 Å². The Hall–Kier alpha value is -3.20.